The minimum absolute atomic E-state index is 0.0889. The van der Waals surface area contributed by atoms with Gasteiger partial charge in [-0.3, -0.25) is 4.79 Å². The third-order valence-electron chi connectivity index (χ3n) is 5.65. The molecule has 0 aromatic heterocycles. The molecule has 1 aliphatic carbocycles. The van der Waals surface area contributed by atoms with Gasteiger partial charge in [0.15, 0.2) is 0 Å². The summed E-state index contributed by atoms with van der Waals surface area (Å²) in [4.78, 5) is 13.4. The Kier molecular flexibility index (Phi) is 7.20. The summed E-state index contributed by atoms with van der Waals surface area (Å²) >= 11 is 6.01. The number of anilines is 1. The fourth-order valence-corrected chi connectivity index (χ4v) is 4.16. The van der Waals surface area contributed by atoms with Gasteiger partial charge >= 0.3 is 6.18 Å². The first-order chi connectivity index (χ1) is 14.6. The molecule has 0 heterocycles. The fourth-order valence-electron chi connectivity index (χ4n) is 4.03. The number of carbonyl (C=O) groups is 1. The molecule has 2 aromatic carbocycles. The molecule has 0 radical (unpaired) electrons. The maximum atomic E-state index is 13.6. The first-order valence-corrected chi connectivity index (χ1v) is 10.9. The van der Waals surface area contributed by atoms with Crippen molar-refractivity contribution in [2.75, 3.05) is 11.9 Å². The van der Waals surface area contributed by atoms with E-state index in [0.717, 1.165) is 30.9 Å². The van der Waals surface area contributed by atoms with Crippen molar-refractivity contribution in [3.8, 4) is 5.75 Å². The molecule has 168 valence electrons. The van der Waals surface area contributed by atoms with Crippen LogP contribution in [0.3, 0.4) is 0 Å². The molecule has 0 aliphatic heterocycles. The number of amides is 1. The van der Waals surface area contributed by atoms with Crippen LogP contribution in [0.4, 0.5) is 18.9 Å². The summed E-state index contributed by atoms with van der Waals surface area (Å²) in [6.07, 6.45) is -0.517. The molecule has 0 atom stereocenters. The molecule has 0 bridgehead atoms. The Morgan fingerprint density at radius 2 is 1.74 bits per heavy atom. The number of carbonyl (C=O) groups excluding carboxylic acids is 1. The molecular formula is C24H27ClF3NO2. The number of benzene rings is 2. The molecule has 31 heavy (non-hydrogen) atoms. The Morgan fingerprint density at radius 1 is 1.10 bits per heavy atom. The van der Waals surface area contributed by atoms with Crippen molar-refractivity contribution in [3.05, 3.63) is 58.6 Å². The van der Waals surface area contributed by atoms with Gasteiger partial charge in [0.25, 0.3) is 0 Å². The van der Waals surface area contributed by atoms with Gasteiger partial charge in [-0.15, -0.1) is 0 Å². The Balaban J connectivity index is 1.90. The molecule has 2 aromatic rings. The topological polar surface area (TPSA) is 38.3 Å². The van der Waals surface area contributed by atoms with Crippen LogP contribution in [-0.2, 0) is 16.4 Å². The van der Waals surface area contributed by atoms with Crippen molar-refractivity contribution in [1.29, 1.82) is 0 Å². The Hall–Kier alpha value is -2.21. The first-order valence-electron chi connectivity index (χ1n) is 10.5. The zero-order valence-electron chi connectivity index (χ0n) is 17.7. The lowest BCUT2D eigenvalue weighted by Crippen LogP contribution is -2.42. The maximum Gasteiger partial charge on any atom is 0.420 e. The van der Waals surface area contributed by atoms with E-state index >= 15 is 0 Å². The standard InChI is InChI=1S/C24H27ClF3NO2/c1-16(2)15-31-21-11-10-19(14-20(21)24(26,27)28)29-22(30)23(12-4-3-5-13-23)17-6-8-18(25)9-7-17/h6-11,14,16H,3-5,12-13,15H2,1-2H3,(H,29,30). The van der Waals surface area contributed by atoms with Crippen molar-refractivity contribution in [1.82, 2.24) is 0 Å². The first kappa shape index (κ1) is 23.5. The van der Waals surface area contributed by atoms with E-state index in [9.17, 15) is 18.0 Å². The summed E-state index contributed by atoms with van der Waals surface area (Å²) in [6, 6.07) is 10.8. The van der Waals surface area contributed by atoms with Gasteiger partial charge < -0.3 is 10.1 Å². The van der Waals surface area contributed by atoms with Crippen molar-refractivity contribution >= 4 is 23.2 Å². The number of nitrogens with one attached hydrogen (secondary N) is 1. The van der Waals surface area contributed by atoms with Crippen LogP contribution >= 0.6 is 11.6 Å². The highest BCUT2D eigenvalue weighted by atomic mass is 35.5. The summed E-state index contributed by atoms with van der Waals surface area (Å²) in [6.45, 7) is 3.90. The average molecular weight is 454 g/mol. The number of rotatable bonds is 6. The van der Waals surface area contributed by atoms with E-state index in [1.54, 1.807) is 12.1 Å². The van der Waals surface area contributed by atoms with Crippen molar-refractivity contribution < 1.29 is 22.7 Å². The molecule has 1 N–H and O–H groups in total. The average Bonchev–Trinajstić information content (AvgIpc) is 2.73. The third-order valence-corrected chi connectivity index (χ3v) is 5.91. The predicted octanol–water partition coefficient (Wildman–Crippen LogP) is 7.23. The highest BCUT2D eigenvalue weighted by Crippen LogP contribution is 2.42. The zero-order chi connectivity index (χ0) is 22.6. The van der Waals surface area contributed by atoms with Gasteiger partial charge in [-0.2, -0.15) is 13.2 Å². The van der Waals surface area contributed by atoms with Crippen LogP contribution in [0.15, 0.2) is 42.5 Å². The van der Waals surface area contributed by atoms with Crippen LogP contribution in [0, 0.1) is 5.92 Å². The molecule has 1 fully saturated rings. The van der Waals surface area contributed by atoms with Crippen molar-refractivity contribution in [2.24, 2.45) is 5.92 Å². The molecule has 0 saturated heterocycles. The molecule has 7 heteroatoms. The SMILES string of the molecule is CC(C)COc1ccc(NC(=O)C2(c3ccc(Cl)cc3)CCCCC2)cc1C(F)(F)F. The van der Waals surface area contributed by atoms with E-state index in [1.807, 2.05) is 26.0 Å². The fraction of sp³-hybridized carbons (Fsp3) is 0.458. The number of alkyl halides is 3. The van der Waals surface area contributed by atoms with E-state index in [2.05, 4.69) is 5.32 Å². The molecule has 0 unspecified atom stereocenters. The summed E-state index contributed by atoms with van der Waals surface area (Å²) < 4.78 is 46.2. The number of ether oxygens (including phenoxy) is 1. The van der Waals surface area contributed by atoms with Gasteiger partial charge in [0, 0.05) is 10.7 Å². The van der Waals surface area contributed by atoms with E-state index in [0.29, 0.717) is 17.9 Å². The van der Waals surface area contributed by atoms with Crippen molar-refractivity contribution in [3.63, 3.8) is 0 Å². The number of hydrogen-bond acceptors (Lipinski definition) is 2. The van der Waals surface area contributed by atoms with Crippen LogP contribution < -0.4 is 10.1 Å². The maximum absolute atomic E-state index is 13.6. The third kappa shape index (κ3) is 5.53. The van der Waals surface area contributed by atoms with Crippen LogP contribution in [-0.4, -0.2) is 12.5 Å². The van der Waals surface area contributed by atoms with Crippen LogP contribution in [0.1, 0.15) is 57.1 Å². The summed E-state index contributed by atoms with van der Waals surface area (Å²) in [5, 5.41) is 3.31. The van der Waals surface area contributed by atoms with E-state index in [4.69, 9.17) is 16.3 Å². The van der Waals surface area contributed by atoms with Gasteiger partial charge in [-0.25, -0.2) is 0 Å². The zero-order valence-corrected chi connectivity index (χ0v) is 18.4. The summed E-state index contributed by atoms with van der Waals surface area (Å²) in [5.41, 5.74) is -0.737. The summed E-state index contributed by atoms with van der Waals surface area (Å²) in [5.74, 6) is -0.436. The molecule has 0 spiro atoms. The minimum atomic E-state index is -4.59. The molecule has 3 nitrogen and oxygen atoms in total. The van der Waals surface area contributed by atoms with Crippen molar-refractivity contribution in [2.45, 2.75) is 57.5 Å². The normalized spacial score (nSPS) is 16.2. The van der Waals surface area contributed by atoms with Gasteiger partial charge in [0.2, 0.25) is 5.91 Å². The molecule has 3 rings (SSSR count). The Bertz CT molecular complexity index is 904. The lowest BCUT2D eigenvalue weighted by molar-refractivity contribution is -0.139. The van der Waals surface area contributed by atoms with Gasteiger partial charge in [-0.05, 0) is 54.7 Å². The highest BCUT2D eigenvalue weighted by molar-refractivity contribution is 6.30. The lowest BCUT2D eigenvalue weighted by atomic mass is 9.68. The van der Waals surface area contributed by atoms with Gasteiger partial charge in [0.1, 0.15) is 5.75 Å². The second-order valence-electron chi connectivity index (χ2n) is 8.52. The van der Waals surface area contributed by atoms with E-state index in [1.165, 1.54) is 12.1 Å². The molecule has 1 aliphatic rings. The van der Waals surface area contributed by atoms with Crippen LogP contribution in [0.2, 0.25) is 5.02 Å². The predicted molar refractivity (Wildman–Crippen MR) is 117 cm³/mol. The Labute approximate surface area is 185 Å². The lowest BCUT2D eigenvalue weighted by Gasteiger charge is -2.36. The Morgan fingerprint density at radius 3 is 2.32 bits per heavy atom. The van der Waals surface area contributed by atoms with Crippen LogP contribution in [0.25, 0.3) is 0 Å². The number of hydrogen-bond donors (Lipinski definition) is 1. The monoisotopic (exact) mass is 453 g/mol. The smallest absolute Gasteiger partial charge is 0.420 e. The molecule has 1 saturated carbocycles. The second-order valence-corrected chi connectivity index (χ2v) is 8.95. The largest absolute Gasteiger partial charge is 0.493 e. The van der Waals surface area contributed by atoms with Crippen LogP contribution in [0.5, 0.6) is 5.75 Å². The second kappa shape index (κ2) is 9.51. The van der Waals surface area contributed by atoms with Gasteiger partial charge in [-0.1, -0.05) is 56.8 Å². The summed E-state index contributed by atoms with van der Waals surface area (Å²) in [7, 11) is 0. The molecular weight excluding hydrogens is 427 g/mol. The van der Waals surface area contributed by atoms with Gasteiger partial charge in [0.05, 0.1) is 17.6 Å². The van der Waals surface area contributed by atoms with E-state index < -0.39 is 17.2 Å². The quantitative estimate of drug-likeness (QED) is 0.500. The minimum Gasteiger partial charge on any atom is -0.493 e. The van der Waals surface area contributed by atoms with E-state index in [-0.39, 0.29) is 29.9 Å². The molecule has 1 amide bonds. The number of halogens is 4. The highest BCUT2D eigenvalue weighted by Gasteiger charge is 2.41.